The number of nitrogens with two attached hydrogens (primary N) is 1. The maximum Gasteiger partial charge on any atom is 0.472 e. The van der Waals surface area contributed by atoms with Gasteiger partial charge in [-0.05, 0) is 64.2 Å². The number of phosphoric acid groups is 1. The molecule has 0 rings (SSSR count). The number of allylic oxidation sites excluding steroid dienone is 12. The van der Waals surface area contributed by atoms with Crippen molar-refractivity contribution < 1.29 is 37.6 Å². The van der Waals surface area contributed by atoms with Crippen LogP contribution in [0.5, 0.6) is 0 Å². The molecule has 0 amide bonds. The molecule has 0 fully saturated rings. The van der Waals surface area contributed by atoms with Gasteiger partial charge in [-0.15, -0.1) is 0 Å². The SMILES string of the molecule is CC/C=C\C/C=C\C/C=C\C/C=C\C/C=C\C/C=C\CCCCC(=O)OC(COC(=O)CCCCCCCCCCCCCCCCCCCCCCCCCCCC)COP(=O)(O)OCCN. The van der Waals surface area contributed by atoms with Crippen molar-refractivity contribution in [1.82, 2.24) is 0 Å². The molecular weight excluding hydrogens is 870 g/mol. The molecule has 10 heteroatoms. The highest BCUT2D eigenvalue weighted by atomic mass is 31.2. The minimum atomic E-state index is -4.40. The summed E-state index contributed by atoms with van der Waals surface area (Å²) in [6.07, 6.45) is 68.2. The standard InChI is InChI=1S/C58H104NO8P/c1-3-5-7-9-11-13-15-17-19-21-23-25-26-27-28-29-31-32-34-36-38-40-42-44-46-48-50-57(60)64-54-56(55-66-68(62,63)65-53-52-59)67-58(61)51-49-47-45-43-41-39-37-35-33-30-24-22-20-18-16-14-12-10-8-6-4-2/h6,8,12,14,18,20,24,30,35,37,41,43,56H,3-5,7,9-11,13,15-17,19,21-23,25-29,31-34,36,38-40,42,44-55,59H2,1-2H3,(H,62,63)/b8-6-,14-12-,20-18-,30-24-,37-35-,43-41-. The van der Waals surface area contributed by atoms with Crippen LogP contribution in [0.15, 0.2) is 72.9 Å². The minimum Gasteiger partial charge on any atom is -0.462 e. The van der Waals surface area contributed by atoms with Gasteiger partial charge in [-0.2, -0.15) is 0 Å². The largest absolute Gasteiger partial charge is 0.472 e. The Morgan fingerprint density at radius 2 is 0.809 bits per heavy atom. The molecule has 9 nitrogen and oxygen atoms in total. The molecule has 0 heterocycles. The van der Waals surface area contributed by atoms with Gasteiger partial charge in [0.05, 0.1) is 13.2 Å². The average Bonchev–Trinajstić information content (AvgIpc) is 3.33. The van der Waals surface area contributed by atoms with Crippen molar-refractivity contribution in [2.24, 2.45) is 5.73 Å². The quantitative estimate of drug-likeness (QED) is 0.0264. The van der Waals surface area contributed by atoms with Crippen LogP contribution in [0.2, 0.25) is 0 Å². The van der Waals surface area contributed by atoms with E-state index in [0.29, 0.717) is 6.42 Å². The molecule has 0 bridgehead atoms. The smallest absolute Gasteiger partial charge is 0.462 e. The van der Waals surface area contributed by atoms with Crippen molar-refractivity contribution in [3.05, 3.63) is 72.9 Å². The highest BCUT2D eigenvalue weighted by Crippen LogP contribution is 2.43. The summed E-state index contributed by atoms with van der Waals surface area (Å²) in [7, 11) is -4.40. The maximum absolute atomic E-state index is 12.7. The fourth-order valence-electron chi connectivity index (χ4n) is 7.76. The Morgan fingerprint density at radius 3 is 1.21 bits per heavy atom. The topological polar surface area (TPSA) is 134 Å². The minimum absolute atomic E-state index is 0.0438. The fourth-order valence-corrected chi connectivity index (χ4v) is 8.52. The van der Waals surface area contributed by atoms with Crippen LogP contribution < -0.4 is 5.73 Å². The third kappa shape index (κ3) is 52.8. The summed E-state index contributed by atoms with van der Waals surface area (Å²) in [6.45, 7) is 3.60. The van der Waals surface area contributed by atoms with Gasteiger partial charge in [0, 0.05) is 19.4 Å². The van der Waals surface area contributed by atoms with E-state index in [1.54, 1.807) is 0 Å². The molecule has 394 valence electrons. The molecule has 0 aliphatic rings. The van der Waals surface area contributed by atoms with Crippen LogP contribution in [0, 0.1) is 0 Å². The number of ether oxygens (including phenoxy) is 2. The van der Waals surface area contributed by atoms with E-state index < -0.39 is 32.5 Å². The van der Waals surface area contributed by atoms with E-state index in [0.717, 1.165) is 70.6 Å². The molecule has 0 saturated carbocycles. The van der Waals surface area contributed by atoms with Gasteiger partial charge < -0.3 is 20.1 Å². The van der Waals surface area contributed by atoms with Crippen molar-refractivity contribution in [3.8, 4) is 0 Å². The van der Waals surface area contributed by atoms with E-state index in [4.69, 9.17) is 24.3 Å². The molecule has 68 heavy (non-hydrogen) atoms. The molecular formula is C58H104NO8P. The third-order valence-electron chi connectivity index (χ3n) is 11.9. The zero-order valence-electron chi connectivity index (χ0n) is 43.8. The predicted molar refractivity (Wildman–Crippen MR) is 289 cm³/mol. The average molecular weight is 974 g/mol. The Kier molecular flexibility index (Phi) is 51.8. The van der Waals surface area contributed by atoms with Gasteiger partial charge in [0.15, 0.2) is 6.10 Å². The summed E-state index contributed by atoms with van der Waals surface area (Å²) < 4.78 is 32.9. The van der Waals surface area contributed by atoms with Crippen molar-refractivity contribution in [2.75, 3.05) is 26.4 Å². The van der Waals surface area contributed by atoms with Gasteiger partial charge in [-0.3, -0.25) is 18.6 Å². The van der Waals surface area contributed by atoms with Gasteiger partial charge in [0.2, 0.25) is 0 Å². The molecule has 0 spiro atoms. The monoisotopic (exact) mass is 974 g/mol. The number of phosphoric ester groups is 1. The molecule has 0 aromatic rings. The van der Waals surface area contributed by atoms with Gasteiger partial charge >= 0.3 is 19.8 Å². The zero-order valence-corrected chi connectivity index (χ0v) is 44.7. The number of carbonyl (C=O) groups excluding carboxylic acids is 2. The van der Waals surface area contributed by atoms with Crippen LogP contribution in [0.3, 0.4) is 0 Å². The van der Waals surface area contributed by atoms with Crippen LogP contribution in [-0.2, 0) is 32.7 Å². The number of unbranched alkanes of at least 4 members (excludes halogenated alkanes) is 27. The summed E-state index contributed by atoms with van der Waals surface area (Å²) in [5.41, 5.74) is 5.37. The molecule has 2 atom stereocenters. The van der Waals surface area contributed by atoms with Crippen LogP contribution >= 0.6 is 7.82 Å². The van der Waals surface area contributed by atoms with Crippen LogP contribution in [0.25, 0.3) is 0 Å². The zero-order chi connectivity index (χ0) is 49.5. The highest BCUT2D eigenvalue weighted by Gasteiger charge is 2.26. The molecule has 0 aromatic carbocycles. The van der Waals surface area contributed by atoms with E-state index in [2.05, 4.69) is 86.8 Å². The lowest BCUT2D eigenvalue weighted by Crippen LogP contribution is -2.29. The first kappa shape index (κ1) is 65.5. The van der Waals surface area contributed by atoms with E-state index in [1.807, 2.05) is 0 Å². The first-order valence-corrected chi connectivity index (χ1v) is 29.4. The summed E-state index contributed by atoms with van der Waals surface area (Å²) in [6, 6.07) is 0. The van der Waals surface area contributed by atoms with Crippen LogP contribution in [-0.4, -0.2) is 49.3 Å². The summed E-state index contributed by atoms with van der Waals surface area (Å²) in [5.74, 6) is -0.873. The molecule has 0 radical (unpaired) electrons. The van der Waals surface area contributed by atoms with Crippen molar-refractivity contribution in [1.29, 1.82) is 0 Å². The Hall–Kier alpha value is -2.55. The van der Waals surface area contributed by atoms with Gasteiger partial charge in [0.25, 0.3) is 0 Å². The first-order chi connectivity index (χ1) is 33.3. The molecule has 0 saturated heterocycles. The van der Waals surface area contributed by atoms with Gasteiger partial charge in [-0.25, -0.2) is 4.57 Å². The number of hydrogen-bond donors (Lipinski definition) is 2. The third-order valence-corrected chi connectivity index (χ3v) is 12.8. The molecule has 0 aliphatic carbocycles. The second kappa shape index (κ2) is 53.8. The van der Waals surface area contributed by atoms with Crippen molar-refractivity contribution >= 4 is 19.8 Å². The summed E-state index contributed by atoms with van der Waals surface area (Å²) in [5, 5.41) is 0. The van der Waals surface area contributed by atoms with Gasteiger partial charge in [-0.1, -0.05) is 247 Å². The lowest BCUT2D eigenvalue weighted by molar-refractivity contribution is -0.161. The Labute approximate surface area is 418 Å². The second-order valence-electron chi connectivity index (χ2n) is 18.4. The number of carbonyl (C=O) groups is 2. The maximum atomic E-state index is 12.7. The van der Waals surface area contributed by atoms with E-state index in [1.165, 1.54) is 148 Å². The fraction of sp³-hybridized carbons (Fsp3) is 0.759. The molecule has 0 aliphatic heterocycles. The van der Waals surface area contributed by atoms with Crippen LogP contribution in [0.4, 0.5) is 0 Å². The first-order valence-electron chi connectivity index (χ1n) is 27.9. The highest BCUT2D eigenvalue weighted by molar-refractivity contribution is 7.47. The molecule has 3 N–H and O–H groups in total. The lowest BCUT2D eigenvalue weighted by atomic mass is 10.0. The van der Waals surface area contributed by atoms with E-state index in [-0.39, 0.29) is 32.6 Å². The van der Waals surface area contributed by atoms with E-state index >= 15 is 0 Å². The van der Waals surface area contributed by atoms with Crippen molar-refractivity contribution in [3.63, 3.8) is 0 Å². The number of esters is 2. The summed E-state index contributed by atoms with van der Waals surface area (Å²) >= 11 is 0. The normalized spacial score (nSPS) is 13.6. The van der Waals surface area contributed by atoms with E-state index in [9.17, 15) is 19.0 Å². The Bertz CT molecular complexity index is 1340. The van der Waals surface area contributed by atoms with Gasteiger partial charge in [0.1, 0.15) is 6.61 Å². The molecule has 0 aromatic heterocycles. The molecule has 2 unspecified atom stereocenters. The summed E-state index contributed by atoms with van der Waals surface area (Å²) in [4.78, 5) is 35.1. The Balaban J connectivity index is 4.03. The lowest BCUT2D eigenvalue weighted by Gasteiger charge is -2.19. The Morgan fingerprint density at radius 1 is 0.456 bits per heavy atom. The van der Waals surface area contributed by atoms with Crippen molar-refractivity contribution in [2.45, 2.75) is 258 Å². The van der Waals surface area contributed by atoms with Crippen LogP contribution in [0.1, 0.15) is 251 Å². The predicted octanol–water partition coefficient (Wildman–Crippen LogP) is 17.3. The number of hydrogen-bond acceptors (Lipinski definition) is 8. The number of rotatable bonds is 52. The second-order valence-corrected chi connectivity index (χ2v) is 19.9.